The number of hydrogen-bond acceptors (Lipinski definition) is 5. The summed E-state index contributed by atoms with van der Waals surface area (Å²) in [5.74, 6) is 2.76. The highest BCUT2D eigenvalue weighted by Crippen LogP contribution is 2.13. The number of nitrogens with zero attached hydrogens (tertiary/aromatic N) is 7. The van der Waals surface area contributed by atoms with E-state index in [1.54, 1.807) is 6.33 Å². The van der Waals surface area contributed by atoms with Crippen molar-refractivity contribution in [1.82, 2.24) is 30.0 Å². The topological polar surface area (TPSA) is 74.5 Å². The predicted molar refractivity (Wildman–Crippen MR) is 130 cm³/mol. The fourth-order valence-electron chi connectivity index (χ4n) is 3.43. The first kappa shape index (κ1) is 22.0. The zero-order valence-electron chi connectivity index (χ0n) is 17.1. The maximum absolute atomic E-state index is 4.84. The van der Waals surface area contributed by atoms with Crippen LogP contribution in [0.4, 0.5) is 5.82 Å². The van der Waals surface area contributed by atoms with Crippen LogP contribution >= 0.6 is 24.0 Å². The summed E-state index contributed by atoms with van der Waals surface area (Å²) in [6.07, 6.45) is 3.58. The number of para-hydroxylation sites is 1. The number of aliphatic imine (C=N–C) groups is 1. The monoisotopic (exact) mass is 518 g/mol. The van der Waals surface area contributed by atoms with Gasteiger partial charge in [0.15, 0.2) is 11.8 Å². The predicted octanol–water partition coefficient (Wildman–Crippen LogP) is 2.57. The van der Waals surface area contributed by atoms with E-state index in [1.165, 1.54) is 0 Å². The fraction of sp³-hybridized carbons (Fsp3) is 0.333. The van der Waals surface area contributed by atoms with E-state index in [9.17, 15) is 0 Å². The molecule has 1 N–H and O–H groups in total. The number of rotatable bonds is 5. The molecule has 4 rings (SSSR count). The van der Waals surface area contributed by atoms with Gasteiger partial charge in [-0.15, -0.1) is 34.2 Å². The molecule has 0 aliphatic carbocycles. The molecule has 158 valence electrons. The van der Waals surface area contributed by atoms with Gasteiger partial charge < -0.3 is 15.1 Å². The van der Waals surface area contributed by atoms with Crippen molar-refractivity contribution in [3.8, 4) is 5.69 Å². The number of guanidine groups is 1. The highest BCUT2D eigenvalue weighted by atomic mass is 127. The normalized spacial score (nSPS) is 14.4. The largest absolute Gasteiger partial charge is 0.357 e. The van der Waals surface area contributed by atoms with Crippen LogP contribution < -0.4 is 10.2 Å². The van der Waals surface area contributed by atoms with Crippen LogP contribution in [-0.4, -0.2) is 63.3 Å². The highest BCUT2D eigenvalue weighted by Gasteiger charge is 2.20. The molecule has 0 spiro atoms. The van der Waals surface area contributed by atoms with Gasteiger partial charge in [-0.05, 0) is 31.2 Å². The standard InChI is InChI=1S/C21H26N8.HI/c1-2-22-21(28-14-12-27(13-15-28)19-10-6-7-11-23-19)24-16-20-26-25-17-29(20)18-8-4-3-5-9-18;/h3-11,17H,2,12-16H2,1H3,(H,22,24);1H. The van der Waals surface area contributed by atoms with Crippen molar-refractivity contribution in [2.45, 2.75) is 13.5 Å². The molecule has 0 saturated carbocycles. The number of pyridine rings is 1. The number of anilines is 1. The summed E-state index contributed by atoms with van der Waals surface area (Å²) in [7, 11) is 0. The van der Waals surface area contributed by atoms with Gasteiger partial charge in [0.05, 0.1) is 0 Å². The van der Waals surface area contributed by atoms with E-state index in [1.807, 2.05) is 53.2 Å². The summed E-state index contributed by atoms with van der Waals surface area (Å²) in [6, 6.07) is 16.1. The van der Waals surface area contributed by atoms with Gasteiger partial charge >= 0.3 is 0 Å². The number of aromatic nitrogens is 4. The lowest BCUT2D eigenvalue weighted by Crippen LogP contribution is -2.52. The molecule has 9 heteroatoms. The first-order valence-corrected chi connectivity index (χ1v) is 9.98. The van der Waals surface area contributed by atoms with Gasteiger partial charge in [0.25, 0.3) is 0 Å². The van der Waals surface area contributed by atoms with Gasteiger partial charge in [-0.1, -0.05) is 24.3 Å². The molecule has 1 aromatic carbocycles. The Morgan fingerprint density at radius 3 is 2.50 bits per heavy atom. The third-order valence-electron chi connectivity index (χ3n) is 4.91. The number of halogens is 1. The molecule has 0 amide bonds. The SMILES string of the molecule is CCNC(=NCc1nncn1-c1ccccc1)N1CCN(c2ccccn2)CC1.I. The Morgan fingerprint density at radius 2 is 1.80 bits per heavy atom. The smallest absolute Gasteiger partial charge is 0.194 e. The molecule has 2 aromatic heterocycles. The highest BCUT2D eigenvalue weighted by molar-refractivity contribution is 14.0. The van der Waals surface area contributed by atoms with Crippen LogP contribution in [0.5, 0.6) is 0 Å². The Hall–Kier alpha value is -2.69. The zero-order valence-corrected chi connectivity index (χ0v) is 19.4. The molecule has 0 unspecified atom stereocenters. The summed E-state index contributed by atoms with van der Waals surface area (Å²) >= 11 is 0. The van der Waals surface area contributed by atoms with E-state index in [4.69, 9.17) is 4.99 Å². The summed E-state index contributed by atoms with van der Waals surface area (Å²) in [5.41, 5.74) is 1.04. The van der Waals surface area contributed by atoms with Gasteiger partial charge in [-0.25, -0.2) is 9.98 Å². The van der Waals surface area contributed by atoms with Gasteiger partial charge in [-0.3, -0.25) is 4.57 Å². The third-order valence-corrected chi connectivity index (χ3v) is 4.91. The second-order valence-electron chi connectivity index (χ2n) is 6.78. The maximum atomic E-state index is 4.84. The first-order chi connectivity index (χ1) is 14.3. The average Bonchev–Trinajstić information content (AvgIpc) is 3.27. The summed E-state index contributed by atoms with van der Waals surface area (Å²) in [4.78, 5) is 13.9. The van der Waals surface area contributed by atoms with E-state index in [0.29, 0.717) is 6.54 Å². The van der Waals surface area contributed by atoms with Crippen molar-refractivity contribution in [2.24, 2.45) is 4.99 Å². The van der Waals surface area contributed by atoms with Gasteiger partial charge in [0.2, 0.25) is 0 Å². The van der Waals surface area contributed by atoms with Crippen LogP contribution in [0, 0.1) is 0 Å². The minimum atomic E-state index is 0. The fourth-order valence-corrected chi connectivity index (χ4v) is 3.43. The number of hydrogen-bond donors (Lipinski definition) is 1. The maximum Gasteiger partial charge on any atom is 0.194 e. The molecule has 1 aliphatic rings. The zero-order chi connectivity index (χ0) is 19.9. The molecule has 0 bridgehead atoms. The number of nitrogens with one attached hydrogen (secondary N) is 1. The second-order valence-corrected chi connectivity index (χ2v) is 6.78. The van der Waals surface area contributed by atoms with Crippen molar-refractivity contribution in [2.75, 3.05) is 37.6 Å². The van der Waals surface area contributed by atoms with Crippen LogP contribution in [0.2, 0.25) is 0 Å². The quantitative estimate of drug-likeness (QED) is 0.318. The lowest BCUT2D eigenvalue weighted by molar-refractivity contribution is 0.371. The third kappa shape index (κ3) is 5.26. The van der Waals surface area contributed by atoms with Crippen LogP contribution in [0.3, 0.4) is 0 Å². The summed E-state index contributed by atoms with van der Waals surface area (Å²) < 4.78 is 1.98. The van der Waals surface area contributed by atoms with Crippen LogP contribution in [0.15, 0.2) is 66.0 Å². The molecule has 3 heterocycles. The molecule has 30 heavy (non-hydrogen) atoms. The lowest BCUT2D eigenvalue weighted by atomic mass is 10.3. The van der Waals surface area contributed by atoms with Crippen molar-refractivity contribution < 1.29 is 0 Å². The molecule has 1 fully saturated rings. The van der Waals surface area contributed by atoms with Crippen molar-refractivity contribution in [3.63, 3.8) is 0 Å². The minimum Gasteiger partial charge on any atom is -0.357 e. The first-order valence-electron chi connectivity index (χ1n) is 9.98. The van der Waals surface area contributed by atoms with E-state index < -0.39 is 0 Å². The van der Waals surface area contributed by atoms with Crippen LogP contribution in [-0.2, 0) is 6.54 Å². The van der Waals surface area contributed by atoms with Gasteiger partial charge in [0, 0.05) is 44.6 Å². The molecule has 0 atom stereocenters. The average molecular weight is 518 g/mol. The molecule has 8 nitrogen and oxygen atoms in total. The molecular formula is C21H27IN8. The van der Waals surface area contributed by atoms with E-state index in [0.717, 1.165) is 56.0 Å². The van der Waals surface area contributed by atoms with Crippen molar-refractivity contribution >= 4 is 35.8 Å². The molecular weight excluding hydrogens is 491 g/mol. The Bertz CT molecular complexity index is 920. The van der Waals surface area contributed by atoms with E-state index in [2.05, 4.69) is 43.3 Å². The van der Waals surface area contributed by atoms with E-state index in [-0.39, 0.29) is 24.0 Å². The lowest BCUT2D eigenvalue weighted by Gasteiger charge is -2.37. The Labute approximate surface area is 194 Å². The van der Waals surface area contributed by atoms with E-state index >= 15 is 0 Å². The summed E-state index contributed by atoms with van der Waals surface area (Å²) in [6.45, 7) is 7.01. The molecule has 0 radical (unpaired) electrons. The minimum absolute atomic E-state index is 0. The Morgan fingerprint density at radius 1 is 1.03 bits per heavy atom. The van der Waals surface area contributed by atoms with Gasteiger partial charge in [-0.2, -0.15) is 0 Å². The van der Waals surface area contributed by atoms with Crippen molar-refractivity contribution in [3.05, 3.63) is 66.9 Å². The molecule has 1 aliphatic heterocycles. The number of piperazine rings is 1. The second kappa shape index (κ2) is 10.9. The Balaban J connectivity index is 0.00000256. The van der Waals surface area contributed by atoms with Crippen molar-refractivity contribution in [1.29, 1.82) is 0 Å². The Kier molecular flexibility index (Phi) is 8.00. The van der Waals surface area contributed by atoms with Crippen LogP contribution in [0.1, 0.15) is 12.7 Å². The molecule has 3 aromatic rings. The molecule has 1 saturated heterocycles. The number of benzene rings is 1. The van der Waals surface area contributed by atoms with Gasteiger partial charge in [0.1, 0.15) is 18.7 Å². The summed E-state index contributed by atoms with van der Waals surface area (Å²) in [5, 5.41) is 11.8. The van der Waals surface area contributed by atoms with Crippen LogP contribution in [0.25, 0.3) is 5.69 Å².